The van der Waals surface area contributed by atoms with Gasteiger partial charge in [0.15, 0.2) is 0 Å². The van der Waals surface area contributed by atoms with Gasteiger partial charge in [0.05, 0.1) is 6.61 Å². The van der Waals surface area contributed by atoms with Crippen LogP contribution in [-0.2, 0) is 0 Å². The summed E-state index contributed by atoms with van der Waals surface area (Å²) < 4.78 is 32.7. The molecule has 0 radical (unpaired) electrons. The predicted octanol–water partition coefficient (Wildman–Crippen LogP) is 3.79. The van der Waals surface area contributed by atoms with Gasteiger partial charge in [0.2, 0.25) is 0 Å². The summed E-state index contributed by atoms with van der Waals surface area (Å²) in [6.07, 6.45) is 0.855. The van der Waals surface area contributed by atoms with Gasteiger partial charge >= 0.3 is 0 Å². The van der Waals surface area contributed by atoms with Gasteiger partial charge in [-0.05, 0) is 53.3 Å². The van der Waals surface area contributed by atoms with Gasteiger partial charge in [-0.3, -0.25) is 0 Å². The lowest BCUT2D eigenvalue weighted by Gasteiger charge is -2.31. The SMILES string of the molecule is FC1(F)CCN(CCCOc2ccc(I)cc2)CC1. The molecule has 1 fully saturated rings. The van der Waals surface area contributed by atoms with Crippen LogP contribution in [0.15, 0.2) is 24.3 Å². The van der Waals surface area contributed by atoms with Crippen molar-refractivity contribution in [1.29, 1.82) is 0 Å². The summed E-state index contributed by atoms with van der Waals surface area (Å²) in [6, 6.07) is 7.90. The molecule has 106 valence electrons. The van der Waals surface area contributed by atoms with Gasteiger partial charge < -0.3 is 9.64 Å². The van der Waals surface area contributed by atoms with Crippen LogP contribution in [0.3, 0.4) is 0 Å². The molecule has 0 bridgehead atoms. The highest BCUT2D eigenvalue weighted by Crippen LogP contribution is 2.27. The minimum atomic E-state index is -2.45. The molecule has 1 aliphatic rings. The smallest absolute Gasteiger partial charge is 0.250 e. The normalized spacial score (nSPS) is 19.3. The number of hydrogen-bond acceptors (Lipinski definition) is 2. The van der Waals surface area contributed by atoms with Gasteiger partial charge in [0.25, 0.3) is 5.92 Å². The molecule has 1 aromatic carbocycles. The minimum Gasteiger partial charge on any atom is -0.494 e. The Hall–Kier alpha value is -0.430. The van der Waals surface area contributed by atoms with Gasteiger partial charge in [-0.15, -0.1) is 0 Å². The van der Waals surface area contributed by atoms with Crippen LogP contribution in [0.5, 0.6) is 5.75 Å². The first-order valence-electron chi connectivity index (χ1n) is 6.54. The molecular formula is C14H18F2INO. The summed E-state index contributed by atoms with van der Waals surface area (Å²) in [6.45, 7) is 2.46. The molecule has 0 spiro atoms. The number of likely N-dealkylation sites (tertiary alicyclic amines) is 1. The first-order chi connectivity index (χ1) is 9.05. The van der Waals surface area contributed by atoms with Crippen LogP contribution in [0.4, 0.5) is 8.78 Å². The number of piperidine rings is 1. The standard InChI is InChI=1S/C14H18F2INO/c15-14(16)6-9-18(10-7-14)8-1-11-19-13-4-2-12(17)3-5-13/h2-5H,1,6-11H2. The van der Waals surface area contributed by atoms with Crippen molar-refractivity contribution in [3.05, 3.63) is 27.8 Å². The van der Waals surface area contributed by atoms with Crippen LogP contribution in [-0.4, -0.2) is 37.1 Å². The number of rotatable bonds is 5. The van der Waals surface area contributed by atoms with Gasteiger partial charge in [0.1, 0.15) is 5.75 Å². The Morgan fingerprint density at radius 1 is 1.16 bits per heavy atom. The molecular weight excluding hydrogens is 363 g/mol. The third kappa shape index (κ3) is 5.22. The average molecular weight is 381 g/mol. The summed E-state index contributed by atoms with van der Waals surface area (Å²) in [5, 5.41) is 0. The zero-order chi connectivity index (χ0) is 13.7. The van der Waals surface area contributed by atoms with Crippen LogP contribution >= 0.6 is 22.6 Å². The van der Waals surface area contributed by atoms with Gasteiger partial charge in [-0.1, -0.05) is 0 Å². The van der Waals surface area contributed by atoms with E-state index < -0.39 is 5.92 Å². The quantitative estimate of drug-likeness (QED) is 0.569. The van der Waals surface area contributed by atoms with E-state index in [0.717, 1.165) is 18.7 Å². The fourth-order valence-electron chi connectivity index (χ4n) is 2.11. The summed E-state index contributed by atoms with van der Waals surface area (Å²) in [7, 11) is 0. The molecule has 5 heteroatoms. The maximum absolute atomic E-state index is 13.0. The monoisotopic (exact) mass is 381 g/mol. The number of hydrogen-bond donors (Lipinski definition) is 0. The Bertz CT molecular complexity index is 387. The first-order valence-corrected chi connectivity index (χ1v) is 7.62. The molecule has 0 amide bonds. The van der Waals surface area contributed by atoms with Crippen LogP contribution in [0, 0.1) is 3.57 Å². The molecule has 1 aliphatic heterocycles. The summed E-state index contributed by atoms with van der Waals surface area (Å²) in [5.41, 5.74) is 0. The molecule has 0 atom stereocenters. The number of ether oxygens (including phenoxy) is 1. The van der Waals surface area contributed by atoms with Crippen molar-refractivity contribution < 1.29 is 13.5 Å². The van der Waals surface area contributed by atoms with Crippen molar-refractivity contribution in [3.8, 4) is 5.75 Å². The zero-order valence-electron chi connectivity index (χ0n) is 10.7. The predicted molar refractivity (Wildman–Crippen MR) is 79.9 cm³/mol. The Labute approximate surface area is 126 Å². The molecule has 0 aliphatic carbocycles. The van der Waals surface area contributed by atoms with E-state index in [1.807, 2.05) is 24.3 Å². The maximum Gasteiger partial charge on any atom is 0.250 e. The lowest BCUT2D eigenvalue weighted by Crippen LogP contribution is -2.40. The van der Waals surface area contributed by atoms with E-state index in [0.29, 0.717) is 19.7 Å². The van der Waals surface area contributed by atoms with Crippen molar-refractivity contribution in [2.75, 3.05) is 26.2 Å². The second kappa shape index (κ2) is 6.83. The molecule has 2 rings (SSSR count). The number of halogens is 3. The molecule has 0 N–H and O–H groups in total. The van der Waals surface area contributed by atoms with Gasteiger partial charge in [0, 0.05) is 36.0 Å². The van der Waals surface area contributed by atoms with E-state index in [9.17, 15) is 8.78 Å². The fraction of sp³-hybridized carbons (Fsp3) is 0.571. The van der Waals surface area contributed by atoms with E-state index in [-0.39, 0.29) is 12.8 Å². The highest BCUT2D eigenvalue weighted by Gasteiger charge is 2.33. The minimum absolute atomic E-state index is 0.00895. The number of alkyl halides is 2. The van der Waals surface area contributed by atoms with E-state index in [1.165, 1.54) is 3.57 Å². The molecule has 1 saturated heterocycles. The van der Waals surface area contributed by atoms with E-state index in [2.05, 4.69) is 27.5 Å². The largest absolute Gasteiger partial charge is 0.494 e. The second-order valence-electron chi connectivity index (χ2n) is 4.85. The van der Waals surface area contributed by atoms with Crippen molar-refractivity contribution >= 4 is 22.6 Å². The summed E-state index contributed by atoms with van der Waals surface area (Å²) in [4.78, 5) is 2.09. The molecule has 1 aromatic rings. The van der Waals surface area contributed by atoms with Gasteiger partial charge in [-0.25, -0.2) is 8.78 Å². The lowest BCUT2D eigenvalue weighted by atomic mass is 10.1. The Balaban J connectivity index is 1.61. The van der Waals surface area contributed by atoms with Crippen LogP contribution < -0.4 is 4.74 Å². The maximum atomic E-state index is 13.0. The zero-order valence-corrected chi connectivity index (χ0v) is 12.9. The number of nitrogens with zero attached hydrogens (tertiary/aromatic N) is 1. The van der Waals surface area contributed by atoms with Crippen LogP contribution in [0.2, 0.25) is 0 Å². The number of benzene rings is 1. The second-order valence-corrected chi connectivity index (χ2v) is 6.10. The van der Waals surface area contributed by atoms with E-state index in [4.69, 9.17) is 4.74 Å². The highest BCUT2D eigenvalue weighted by molar-refractivity contribution is 14.1. The van der Waals surface area contributed by atoms with Crippen molar-refractivity contribution in [1.82, 2.24) is 4.90 Å². The average Bonchev–Trinajstić information content (AvgIpc) is 2.38. The van der Waals surface area contributed by atoms with Crippen LogP contribution in [0.25, 0.3) is 0 Å². The van der Waals surface area contributed by atoms with Crippen molar-refractivity contribution in [2.24, 2.45) is 0 Å². The Kier molecular flexibility index (Phi) is 5.38. The first kappa shape index (κ1) is 15.0. The highest BCUT2D eigenvalue weighted by atomic mass is 127. The molecule has 0 unspecified atom stereocenters. The Morgan fingerprint density at radius 2 is 1.79 bits per heavy atom. The van der Waals surface area contributed by atoms with E-state index in [1.54, 1.807) is 0 Å². The summed E-state index contributed by atoms with van der Waals surface area (Å²) >= 11 is 2.25. The molecule has 1 heterocycles. The molecule has 0 aromatic heterocycles. The molecule has 19 heavy (non-hydrogen) atoms. The van der Waals surface area contributed by atoms with Crippen molar-refractivity contribution in [2.45, 2.75) is 25.2 Å². The van der Waals surface area contributed by atoms with Crippen molar-refractivity contribution in [3.63, 3.8) is 0 Å². The fourth-order valence-corrected chi connectivity index (χ4v) is 2.47. The lowest BCUT2D eigenvalue weighted by molar-refractivity contribution is -0.0554. The third-order valence-corrected chi connectivity index (χ3v) is 4.01. The van der Waals surface area contributed by atoms with E-state index >= 15 is 0 Å². The van der Waals surface area contributed by atoms with Crippen LogP contribution in [0.1, 0.15) is 19.3 Å². The third-order valence-electron chi connectivity index (χ3n) is 3.29. The Morgan fingerprint density at radius 3 is 2.42 bits per heavy atom. The summed E-state index contributed by atoms with van der Waals surface area (Å²) in [5.74, 6) is -1.58. The molecule has 2 nitrogen and oxygen atoms in total. The van der Waals surface area contributed by atoms with Gasteiger partial charge in [-0.2, -0.15) is 0 Å². The molecule has 0 saturated carbocycles. The topological polar surface area (TPSA) is 12.5 Å².